The average Bonchev–Trinajstić information content (AvgIpc) is 3.34. The molecule has 0 radical (unpaired) electrons. The van der Waals surface area contributed by atoms with E-state index in [4.69, 9.17) is 8.83 Å². The second-order valence-corrected chi connectivity index (χ2v) is 5.46. The molecule has 0 aliphatic carbocycles. The van der Waals surface area contributed by atoms with Gasteiger partial charge in [0.05, 0.1) is 31.8 Å². The van der Waals surface area contributed by atoms with Crippen molar-refractivity contribution in [2.45, 2.75) is 13.1 Å². The van der Waals surface area contributed by atoms with Crippen LogP contribution in [-0.2, 0) is 13.1 Å². The Hall–Kier alpha value is -3.55. The lowest BCUT2D eigenvalue weighted by molar-refractivity contribution is -0.389. The summed E-state index contributed by atoms with van der Waals surface area (Å²) in [5.41, 5.74) is 0.507. The number of pyridine rings is 1. The molecule has 0 saturated carbocycles. The highest BCUT2D eigenvalue weighted by atomic mass is 16.6. The molecule has 4 rings (SSSR count). The lowest BCUT2D eigenvalue weighted by atomic mass is 10.3. The van der Waals surface area contributed by atoms with Gasteiger partial charge in [0.2, 0.25) is 11.5 Å². The van der Waals surface area contributed by atoms with E-state index in [9.17, 15) is 10.1 Å². The summed E-state index contributed by atoms with van der Waals surface area (Å²) >= 11 is 0. The van der Waals surface area contributed by atoms with E-state index in [-0.39, 0.29) is 11.6 Å². The molecule has 0 fully saturated rings. The fourth-order valence-corrected chi connectivity index (χ4v) is 2.74. The van der Waals surface area contributed by atoms with Crippen LogP contribution in [-0.4, -0.2) is 14.3 Å². The minimum Gasteiger partial charge on any atom is -0.467 e. The second-order valence-electron chi connectivity index (χ2n) is 5.46. The highest BCUT2D eigenvalue weighted by Gasteiger charge is 2.28. The first-order valence-corrected chi connectivity index (χ1v) is 7.63. The normalized spacial score (nSPS) is 11.0. The number of furan rings is 2. The Morgan fingerprint density at radius 3 is 2.28 bits per heavy atom. The topological polar surface area (TPSA) is 90.0 Å². The van der Waals surface area contributed by atoms with Gasteiger partial charge in [-0.1, -0.05) is 6.07 Å². The van der Waals surface area contributed by atoms with Crippen molar-refractivity contribution in [3.8, 4) is 0 Å². The third-order valence-corrected chi connectivity index (χ3v) is 3.81. The van der Waals surface area contributed by atoms with Gasteiger partial charge >= 0.3 is 5.82 Å². The van der Waals surface area contributed by atoms with E-state index in [0.29, 0.717) is 30.3 Å². The Kier molecular flexibility index (Phi) is 3.70. The molecule has 0 bridgehead atoms. The Morgan fingerprint density at radius 2 is 1.72 bits per heavy atom. The first-order valence-electron chi connectivity index (χ1n) is 7.63. The molecular weight excluding hydrogens is 324 g/mol. The fourth-order valence-electron chi connectivity index (χ4n) is 2.74. The van der Waals surface area contributed by atoms with Gasteiger partial charge in [-0.05, 0) is 35.3 Å². The van der Waals surface area contributed by atoms with E-state index < -0.39 is 4.92 Å². The van der Waals surface area contributed by atoms with E-state index in [1.165, 1.54) is 4.40 Å². The van der Waals surface area contributed by atoms with Crippen molar-refractivity contribution >= 4 is 17.3 Å². The molecular formula is C17H14N4O4. The maximum atomic E-state index is 11.7. The van der Waals surface area contributed by atoms with Crippen molar-refractivity contribution < 1.29 is 13.8 Å². The molecule has 0 saturated heterocycles. The molecule has 8 heteroatoms. The highest BCUT2D eigenvalue weighted by molar-refractivity contribution is 5.63. The van der Waals surface area contributed by atoms with Crippen molar-refractivity contribution in [2.75, 3.05) is 4.90 Å². The molecule has 0 spiro atoms. The molecule has 0 aliphatic heterocycles. The van der Waals surface area contributed by atoms with Crippen LogP contribution in [0.2, 0.25) is 0 Å². The average molecular weight is 338 g/mol. The maximum Gasteiger partial charge on any atom is 0.372 e. The number of imidazole rings is 1. The number of anilines is 1. The van der Waals surface area contributed by atoms with E-state index in [1.54, 1.807) is 54.0 Å². The van der Waals surface area contributed by atoms with Gasteiger partial charge in [0.15, 0.2) is 0 Å². The van der Waals surface area contributed by atoms with Crippen LogP contribution in [0.4, 0.5) is 11.6 Å². The zero-order valence-electron chi connectivity index (χ0n) is 13.1. The summed E-state index contributed by atoms with van der Waals surface area (Å²) in [6.45, 7) is 0.664. The van der Waals surface area contributed by atoms with Gasteiger partial charge in [-0.15, -0.1) is 0 Å². The molecule has 0 aromatic carbocycles. The van der Waals surface area contributed by atoms with Crippen LogP contribution < -0.4 is 4.90 Å². The molecule has 0 N–H and O–H groups in total. The Labute approximate surface area is 142 Å². The molecule has 4 heterocycles. The number of fused-ring (bicyclic) bond motifs is 1. The van der Waals surface area contributed by atoms with Crippen LogP contribution in [0.3, 0.4) is 0 Å². The number of hydrogen-bond donors (Lipinski definition) is 0. The van der Waals surface area contributed by atoms with Crippen LogP contribution >= 0.6 is 0 Å². The van der Waals surface area contributed by atoms with Gasteiger partial charge < -0.3 is 23.8 Å². The van der Waals surface area contributed by atoms with E-state index in [2.05, 4.69) is 4.98 Å². The third-order valence-electron chi connectivity index (χ3n) is 3.81. The predicted octanol–water partition coefficient (Wildman–Crippen LogP) is 3.64. The Balaban J connectivity index is 1.81. The van der Waals surface area contributed by atoms with E-state index in [1.807, 2.05) is 12.1 Å². The lowest BCUT2D eigenvalue weighted by Crippen LogP contribution is -2.23. The van der Waals surface area contributed by atoms with Crippen molar-refractivity contribution in [2.24, 2.45) is 0 Å². The van der Waals surface area contributed by atoms with Crippen LogP contribution in [0.5, 0.6) is 0 Å². The quantitative estimate of drug-likeness (QED) is 0.394. The van der Waals surface area contributed by atoms with Crippen LogP contribution in [0.15, 0.2) is 70.0 Å². The Bertz CT molecular complexity index is 953. The summed E-state index contributed by atoms with van der Waals surface area (Å²) in [6, 6.07) is 12.4. The van der Waals surface area contributed by atoms with Gasteiger partial charge in [0, 0.05) is 6.07 Å². The highest BCUT2D eigenvalue weighted by Crippen LogP contribution is 2.31. The SMILES string of the molecule is O=[N+]([O-])c1c(N(Cc2ccco2)Cc2ccco2)nc2ccccn12. The largest absolute Gasteiger partial charge is 0.467 e. The number of aromatic nitrogens is 2. The van der Waals surface area contributed by atoms with E-state index >= 15 is 0 Å². The standard InChI is InChI=1S/C17H14N4O4/c22-21(23)17-16(18-15-7-1-2-8-20(15)17)19(11-13-5-3-9-24-13)12-14-6-4-10-25-14/h1-10H,11-12H2. The van der Waals surface area contributed by atoms with Crippen molar-refractivity contribution in [1.29, 1.82) is 0 Å². The Morgan fingerprint density at radius 1 is 1.04 bits per heavy atom. The second kappa shape index (κ2) is 6.16. The van der Waals surface area contributed by atoms with Crippen LogP contribution in [0.1, 0.15) is 11.5 Å². The molecule has 8 nitrogen and oxygen atoms in total. The first kappa shape index (κ1) is 15.0. The van der Waals surface area contributed by atoms with Crippen molar-refractivity contribution in [1.82, 2.24) is 9.38 Å². The number of nitrogens with zero attached hydrogens (tertiary/aromatic N) is 4. The summed E-state index contributed by atoms with van der Waals surface area (Å²) in [4.78, 5) is 17.5. The van der Waals surface area contributed by atoms with Gasteiger partial charge in [-0.25, -0.2) is 0 Å². The van der Waals surface area contributed by atoms with Gasteiger partial charge in [-0.3, -0.25) is 0 Å². The summed E-state index contributed by atoms with van der Waals surface area (Å²) in [6.07, 6.45) is 4.76. The van der Waals surface area contributed by atoms with Crippen LogP contribution in [0.25, 0.3) is 5.65 Å². The maximum absolute atomic E-state index is 11.7. The minimum absolute atomic E-state index is 0.0892. The zero-order valence-corrected chi connectivity index (χ0v) is 13.1. The molecule has 126 valence electrons. The van der Waals surface area contributed by atoms with Gasteiger partial charge in [0.1, 0.15) is 11.5 Å². The molecule has 0 atom stereocenters. The van der Waals surface area contributed by atoms with Crippen molar-refractivity contribution in [3.63, 3.8) is 0 Å². The third kappa shape index (κ3) is 2.85. The van der Waals surface area contributed by atoms with Gasteiger partial charge in [-0.2, -0.15) is 9.38 Å². The molecule has 0 amide bonds. The monoisotopic (exact) mass is 338 g/mol. The number of hydrogen-bond acceptors (Lipinski definition) is 6. The minimum atomic E-state index is -0.424. The molecule has 4 aromatic rings. The zero-order chi connectivity index (χ0) is 17.2. The van der Waals surface area contributed by atoms with Crippen LogP contribution in [0, 0.1) is 10.1 Å². The lowest BCUT2D eigenvalue weighted by Gasteiger charge is -2.19. The summed E-state index contributed by atoms with van der Waals surface area (Å²) in [5.74, 6) is 1.54. The summed E-state index contributed by atoms with van der Waals surface area (Å²) in [7, 11) is 0. The number of nitro groups is 1. The van der Waals surface area contributed by atoms with Gasteiger partial charge in [0.25, 0.3) is 0 Å². The van der Waals surface area contributed by atoms with E-state index in [0.717, 1.165) is 0 Å². The molecule has 25 heavy (non-hydrogen) atoms. The predicted molar refractivity (Wildman–Crippen MR) is 89.1 cm³/mol. The fraction of sp³-hybridized carbons (Fsp3) is 0.118. The molecule has 4 aromatic heterocycles. The summed E-state index contributed by atoms with van der Waals surface area (Å²) < 4.78 is 12.3. The smallest absolute Gasteiger partial charge is 0.372 e. The summed E-state index contributed by atoms with van der Waals surface area (Å²) in [5, 5.41) is 11.7. The molecule has 0 unspecified atom stereocenters. The first-order chi connectivity index (χ1) is 12.2. The molecule has 0 aliphatic rings. The van der Waals surface area contributed by atoms with Crippen molar-refractivity contribution in [3.05, 3.63) is 82.8 Å². The number of rotatable bonds is 6.